The van der Waals surface area contributed by atoms with Gasteiger partial charge in [0.15, 0.2) is 0 Å². The Morgan fingerprint density at radius 2 is 1.62 bits per heavy atom. The van der Waals surface area contributed by atoms with Crippen LogP contribution in [0.5, 0.6) is 0 Å². The molecule has 1 aliphatic rings. The lowest BCUT2D eigenvalue weighted by Crippen LogP contribution is -2.54. The summed E-state index contributed by atoms with van der Waals surface area (Å²) in [6.45, 7) is 7.25. The molecule has 3 aromatic rings. The molecule has 34 heavy (non-hydrogen) atoms. The number of non-ortho nitro benzene ring substituents is 1. The number of anilines is 1. The number of hydrogen-bond acceptors (Lipinski definition) is 5. The second kappa shape index (κ2) is 8.43. The molecule has 0 aliphatic carbocycles. The second-order valence-corrected chi connectivity index (χ2v) is 8.13. The highest BCUT2D eigenvalue weighted by atomic mass is 16.6. The van der Waals surface area contributed by atoms with E-state index < -0.39 is 22.8 Å². The van der Waals surface area contributed by atoms with Crippen molar-refractivity contribution in [2.75, 3.05) is 4.90 Å². The molecule has 0 radical (unpaired) electrons. The van der Waals surface area contributed by atoms with Crippen molar-refractivity contribution in [2.45, 2.75) is 27.7 Å². The molecule has 4 rings (SSSR count). The number of para-hydroxylation sites is 1. The number of aromatic nitrogens is 1. The molecule has 1 fully saturated rings. The summed E-state index contributed by atoms with van der Waals surface area (Å²) in [5, 5.41) is 13.3. The van der Waals surface area contributed by atoms with Gasteiger partial charge in [0.05, 0.1) is 10.6 Å². The molecule has 1 N–H and O–H groups in total. The third kappa shape index (κ3) is 3.77. The third-order valence-electron chi connectivity index (χ3n) is 5.86. The van der Waals surface area contributed by atoms with Crippen molar-refractivity contribution in [3.8, 4) is 5.69 Å². The predicted octanol–water partition coefficient (Wildman–Crippen LogP) is 4.29. The molecule has 9 heteroatoms. The van der Waals surface area contributed by atoms with Gasteiger partial charge in [-0.1, -0.05) is 18.2 Å². The van der Waals surface area contributed by atoms with Gasteiger partial charge >= 0.3 is 6.03 Å². The van der Waals surface area contributed by atoms with E-state index >= 15 is 0 Å². The minimum absolute atomic E-state index is 0.00325. The Bertz CT molecular complexity index is 1420. The molecule has 0 spiro atoms. The molecule has 4 amide bonds. The Morgan fingerprint density at radius 3 is 2.26 bits per heavy atom. The molecule has 0 atom stereocenters. The average molecular weight is 458 g/mol. The number of nitrogens with zero attached hydrogens (tertiary/aromatic N) is 3. The summed E-state index contributed by atoms with van der Waals surface area (Å²) < 4.78 is 1.90. The highest BCUT2D eigenvalue weighted by molar-refractivity contribution is 6.39. The number of carbonyl (C=O) groups excluding carboxylic acids is 3. The summed E-state index contributed by atoms with van der Waals surface area (Å²) in [5.74, 6) is -1.48. The van der Waals surface area contributed by atoms with Gasteiger partial charge in [-0.25, -0.2) is 9.69 Å². The first-order chi connectivity index (χ1) is 16.1. The summed E-state index contributed by atoms with van der Waals surface area (Å²) in [7, 11) is 0. The van der Waals surface area contributed by atoms with E-state index in [0.29, 0.717) is 22.4 Å². The van der Waals surface area contributed by atoms with Crippen molar-refractivity contribution in [3.05, 3.63) is 92.3 Å². The standard InChI is InChI=1S/C25H22N4O5/c1-14-7-5-6-8-21(14)28-24(31)20(23(30)26-25(28)32)13-18-12-16(3)27(17(18)4)22-10-9-19(29(33)34)11-15(22)2/h5-13H,1-4H3,(H,26,30,32)/b20-13+. The summed E-state index contributed by atoms with van der Waals surface area (Å²) in [4.78, 5) is 49.9. The van der Waals surface area contributed by atoms with E-state index in [4.69, 9.17) is 0 Å². The third-order valence-corrected chi connectivity index (χ3v) is 5.86. The van der Waals surface area contributed by atoms with Gasteiger partial charge in [-0.15, -0.1) is 0 Å². The number of imide groups is 2. The molecule has 1 aromatic heterocycles. The summed E-state index contributed by atoms with van der Waals surface area (Å²) in [6, 6.07) is 12.5. The number of amides is 4. The van der Waals surface area contributed by atoms with Crippen LogP contribution in [0, 0.1) is 37.8 Å². The van der Waals surface area contributed by atoms with E-state index in [-0.39, 0.29) is 11.3 Å². The highest BCUT2D eigenvalue weighted by Gasteiger charge is 2.37. The fourth-order valence-corrected chi connectivity index (χ4v) is 4.15. The maximum absolute atomic E-state index is 13.2. The number of urea groups is 1. The Balaban J connectivity index is 1.78. The quantitative estimate of drug-likeness (QED) is 0.271. The fraction of sp³-hybridized carbons (Fsp3) is 0.160. The number of barbiturate groups is 1. The van der Waals surface area contributed by atoms with Crippen LogP contribution < -0.4 is 10.2 Å². The van der Waals surface area contributed by atoms with Crippen LogP contribution in [0.3, 0.4) is 0 Å². The number of nitro benzene ring substituents is 1. The van der Waals surface area contributed by atoms with Crippen LogP contribution in [-0.4, -0.2) is 27.3 Å². The van der Waals surface area contributed by atoms with Crippen LogP contribution >= 0.6 is 0 Å². The molecule has 2 heterocycles. The minimum atomic E-state index is -0.798. The van der Waals surface area contributed by atoms with E-state index in [1.807, 2.05) is 24.5 Å². The molecule has 9 nitrogen and oxygen atoms in total. The molecule has 0 unspecified atom stereocenters. The minimum Gasteiger partial charge on any atom is -0.318 e. The Kier molecular flexibility index (Phi) is 5.62. The topological polar surface area (TPSA) is 115 Å². The van der Waals surface area contributed by atoms with E-state index in [9.17, 15) is 24.5 Å². The van der Waals surface area contributed by atoms with E-state index in [1.165, 1.54) is 18.2 Å². The van der Waals surface area contributed by atoms with E-state index in [0.717, 1.165) is 22.0 Å². The highest BCUT2D eigenvalue weighted by Crippen LogP contribution is 2.29. The number of aryl methyl sites for hydroxylation is 3. The van der Waals surface area contributed by atoms with Crippen molar-refractivity contribution in [3.63, 3.8) is 0 Å². The Hall–Kier alpha value is -4.53. The van der Waals surface area contributed by atoms with Crippen molar-refractivity contribution >= 4 is 35.3 Å². The zero-order valence-corrected chi connectivity index (χ0v) is 19.1. The average Bonchev–Trinajstić information content (AvgIpc) is 3.05. The van der Waals surface area contributed by atoms with Crippen LogP contribution in [-0.2, 0) is 9.59 Å². The first-order valence-electron chi connectivity index (χ1n) is 10.5. The Labute approximate surface area is 195 Å². The summed E-state index contributed by atoms with van der Waals surface area (Å²) in [6.07, 6.45) is 1.47. The fourth-order valence-electron chi connectivity index (χ4n) is 4.15. The number of nitro groups is 1. The van der Waals surface area contributed by atoms with Gasteiger partial charge < -0.3 is 4.57 Å². The first kappa shape index (κ1) is 22.7. The molecule has 1 aliphatic heterocycles. The van der Waals surface area contributed by atoms with Gasteiger partial charge in [-0.05, 0) is 68.7 Å². The summed E-state index contributed by atoms with van der Waals surface area (Å²) in [5.41, 5.74) is 4.58. The number of carbonyl (C=O) groups is 3. The molecule has 172 valence electrons. The van der Waals surface area contributed by atoms with E-state index in [1.54, 1.807) is 44.2 Å². The number of nitrogens with one attached hydrogen (secondary N) is 1. The lowest BCUT2D eigenvalue weighted by atomic mass is 10.1. The van der Waals surface area contributed by atoms with Crippen LogP contribution in [0.4, 0.5) is 16.2 Å². The van der Waals surface area contributed by atoms with Gasteiger partial charge in [-0.3, -0.25) is 25.0 Å². The molecule has 0 saturated carbocycles. The predicted molar refractivity (Wildman–Crippen MR) is 127 cm³/mol. The van der Waals surface area contributed by atoms with Crippen LogP contribution in [0.25, 0.3) is 11.8 Å². The zero-order valence-electron chi connectivity index (χ0n) is 19.1. The largest absolute Gasteiger partial charge is 0.335 e. The van der Waals surface area contributed by atoms with Crippen LogP contribution in [0.1, 0.15) is 28.1 Å². The lowest BCUT2D eigenvalue weighted by Gasteiger charge is -2.27. The maximum atomic E-state index is 13.2. The molecule has 1 saturated heterocycles. The van der Waals surface area contributed by atoms with Gasteiger partial charge in [0.1, 0.15) is 5.57 Å². The SMILES string of the molecule is Cc1ccccc1N1C(=O)NC(=O)/C(=C\c2cc(C)n(-c3ccc([N+](=O)[O-])cc3C)c2C)C1=O. The van der Waals surface area contributed by atoms with Crippen molar-refractivity contribution in [1.82, 2.24) is 9.88 Å². The van der Waals surface area contributed by atoms with E-state index in [2.05, 4.69) is 5.32 Å². The van der Waals surface area contributed by atoms with Gasteiger partial charge in [0, 0.05) is 29.2 Å². The molecular formula is C25H22N4O5. The van der Waals surface area contributed by atoms with Gasteiger partial charge in [0.25, 0.3) is 17.5 Å². The smallest absolute Gasteiger partial charge is 0.318 e. The number of rotatable bonds is 4. The maximum Gasteiger partial charge on any atom is 0.335 e. The molecular weight excluding hydrogens is 436 g/mol. The van der Waals surface area contributed by atoms with Crippen molar-refractivity contribution in [2.24, 2.45) is 0 Å². The zero-order chi connectivity index (χ0) is 24.7. The molecule has 0 bridgehead atoms. The lowest BCUT2D eigenvalue weighted by molar-refractivity contribution is -0.384. The Morgan fingerprint density at radius 1 is 0.912 bits per heavy atom. The second-order valence-electron chi connectivity index (χ2n) is 8.13. The van der Waals surface area contributed by atoms with Gasteiger partial charge in [0.2, 0.25) is 0 Å². The van der Waals surface area contributed by atoms with Crippen molar-refractivity contribution < 1.29 is 19.3 Å². The van der Waals surface area contributed by atoms with Crippen molar-refractivity contribution in [1.29, 1.82) is 0 Å². The number of hydrogen-bond donors (Lipinski definition) is 1. The molecule has 2 aromatic carbocycles. The van der Waals surface area contributed by atoms with Crippen LogP contribution in [0.15, 0.2) is 54.1 Å². The van der Waals surface area contributed by atoms with Gasteiger partial charge in [-0.2, -0.15) is 0 Å². The summed E-state index contributed by atoms with van der Waals surface area (Å²) >= 11 is 0. The first-order valence-corrected chi connectivity index (χ1v) is 10.5. The monoisotopic (exact) mass is 458 g/mol. The normalized spacial score (nSPS) is 15.1. The number of benzene rings is 2. The van der Waals surface area contributed by atoms with Crippen LogP contribution in [0.2, 0.25) is 0 Å².